The van der Waals surface area contributed by atoms with Crippen molar-refractivity contribution in [2.24, 2.45) is 11.8 Å². The molecular weight excluding hydrogens is 322 g/mol. The molecule has 0 spiro atoms. The molecule has 0 aromatic heterocycles. The van der Waals surface area contributed by atoms with Crippen molar-refractivity contribution in [3.63, 3.8) is 0 Å². The number of rotatable bonds is 7. The minimum Gasteiger partial charge on any atom is -0.389 e. The topological polar surface area (TPSA) is 83.6 Å². The molecule has 2 saturated carbocycles. The average molecular weight is 353 g/mol. The summed E-state index contributed by atoms with van der Waals surface area (Å²) in [5, 5.41) is 12.9. The Morgan fingerprint density at radius 3 is 2.56 bits per heavy atom. The molecule has 0 bridgehead atoms. The Balaban J connectivity index is 1.08. The fraction of sp³-hybridized carbons (Fsp3) is 0.947. The van der Waals surface area contributed by atoms with Gasteiger partial charge in [-0.05, 0) is 58.3 Å². The van der Waals surface area contributed by atoms with Crippen molar-refractivity contribution in [1.82, 2.24) is 5.32 Å². The molecule has 2 heterocycles. The number of carbonyl (C=O) groups excluding carboxylic acids is 1. The van der Waals surface area contributed by atoms with Gasteiger partial charge in [0, 0.05) is 19.1 Å². The maximum Gasteiger partial charge on any atom is 0.223 e. The normalized spacial score (nSPS) is 45.9. The van der Waals surface area contributed by atoms with Crippen LogP contribution in [-0.4, -0.2) is 60.3 Å². The molecule has 1 amide bonds. The standard InChI is InChI=1S/C19H31NO5/c1-18-5-3-12(7-15(18)24-18)10-23-11-14(21)9-20-17(22)13-4-6-19(2)16(8-13)25-19/h12-16,21H,3-11H2,1-2H3,(H,20,22). The number of epoxide rings is 2. The minimum absolute atomic E-state index is 0.0174. The van der Waals surface area contributed by atoms with Crippen LogP contribution in [-0.2, 0) is 19.0 Å². The van der Waals surface area contributed by atoms with Crippen LogP contribution in [0.4, 0.5) is 0 Å². The van der Waals surface area contributed by atoms with Crippen molar-refractivity contribution in [2.45, 2.75) is 81.9 Å². The number of ether oxygens (including phenoxy) is 3. The summed E-state index contributed by atoms with van der Waals surface area (Å²) in [6.07, 6.45) is 5.93. The van der Waals surface area contributed by atoms with Gasteiger partial charge in [-0.1, -0.05) is 0 Å². The predicted molar refractivity (Wildman–Crippen MR) is 91.1 cm³/mol. The highest BCUT2D eigenvalue weighted by molar-refractivity contribution is 5.79. The van der Waals surface area contributed by atoms with Crippen molar-refractivity contribution < 1.29 is 24.1 Å². The maximum atomic E-state index is 12.2. The van der Waals surface area contributed by atoms with E-state index in [0.29, 0.717) is 18.6 Å². The van der Waals surface area contributed by atoms with Crippen LogP contribution in [0.3, 0.4) is 0 Å². The van der Waals surface area contributed by atoms with Gasteiger partial charge < -0.3 is 24.6 Å². The van der Waals surface area contributed by atoms with Gasteiger partial charge in [0.05, 0.1) is 36.1 Å². The van der Waals surface area contributed by atoms with Gasteiger partial charge in [-0.2, -0.15) is 0 Å². The van der Waals surface area contributed by atoms with E-state index < -0.39 is 6.10 Å². The predicted octanol–water partition coefficient (Wildman–Crippen LogP) is 1.40. The second kappa shape index (κ2) is 6.48. The van der Waals surface area contributed by atoms with Crippen LogP contribution in [0.1, 0.15) is 52.4 Å². The maximum absolute atomic E-state index is 12.2. The third kappa shape index (κ3) is 3.87. The molecule has 0 radical (unpaired) electrons. The molecule has 4 rings (SSSR count). The molecular formula is C19H31NO5. The lowest BCUT2D eigenvalue weighted by atomic mass is 9.82. The summed E-state index contributed by atoms with van der Waals surface area (Å²) in [7, 11) is 0. The molecule has 6 nitrogen and oxygen atoms in total. The zero-order valence-corrected chi connectivity index (χ0v) is 15.3. The van der Waals surface area contributed by atoms with E-state index in [4.69, 9.17) is 14.2 Å². The van der Waals surface area contributed by atoms with Crippen LogP contribution in [0.15, 0.2) is 0 Å². The Kier molecular flexibility index (Phi) is 4.59. The van der Waals surface area contributed by atoms with E-state index in [0.717, 1.165) is 38.5 Å². The summed E-state index contributed by atoms with van der Waals surface area (Å²) in [6.45, 7) is 5.50. The molecule has 0 aromatic carbocycles. The third-order valence-corrected chi connectivity index (χ3v) is 6.70. The summed E-state index contributed by atoms with van der Waals surface area (Å²) < 4.78 is 17.0. The Hall–Kier alpha value is -0.690. The SMILES string of the molecule is CC12CCC(COCC(O)CNC(=O)C3CCC4(C)OC4C3)CC1O2. The van der Waals surface area contributed by atoms with E-state index in [1.807, 2.05) is 0 Å². The Morgan fingerprint density at radius 2 is 1.88 bits per heavy atom. The van der Waals surface area contributed by atoms with Gasteiger partial charge in [-0.3, -0.25) is 4.79 Å². The van der Waals surface area contributed by atoms with Crippen molar-refractivity contribution in [3.8, 4) is 0 Å². The first-order chi connectivity index (χ1) is 11.9. The van der Waals surface area contributed by atoms with Gasteiger partial charge in [0.25, 0.3) is 0 Å². The molecule has 4 fully saturated rings. The van der Waals surface area contributed by atoms with Gasteiger partial charge >= 0.3 is 0 Å². The van der Waals surface area contributed by atoms with Gasteiger partial charge in [-0.15, -0.1) is 0 Å². The zero-order valence-electron chi connectivity index (χ0n) is 15.3. The highest BCUT2D eigenvalue weighted by atomic mass is 16.6. The quantitative estimate of drug-likeness (QED) is 0.676. The lowest BCUT2D eigenvalue weighted by Gasteiger charge is -2.24. The molecule has 2 saturated heterocycles. The van der Waals surface area contributed by atoms with Crippen molar-refractivity contribution in [2.75, 3.05) is 19.8 Å². The van der Waals surface area contributed by atoms with E-state index >= 15 is 0 Å². The Labute approximate surface area is 149 Å². The van der Waals surface area contributed by atoms with E-state index in [9.17, 15) is 9.90 Å². The number of nitrogens with one attached hydrogen (secondary N) is 1. The van der Waals surface area contributed by atoms with Crippen LogP contribution in [0.2, 0.25) is 0 Å². The lowest BCUT2D eigenvalue weighted by Crippen LogP contribution is -2.40. The number of amides is 1. The molecule has 0 aromatic rings. The summed E-state index contributed by atoms with van der Waals surface area (Å²) in [5.74, 6) is 0.579. The largest absolute Gasteiger partial charge is 0.389 e. The highest BCUT2D eigenvalue weighted by Gasteiger charge is 2.56. The number of carbonyl (C=O) groups is 1. The van der Waals surface area contributed by atoms with Crippen LogP contribution in [0, 0.1) is 11.8 Å². The van der Waals surface area contributed by atoms with Crippen molar-refractivity contribution >= 4 is 5.91 Å². The first kappa shape index (κ1) is 17.7. The zero-order chi connectivity index (χ0) is 17.7. The highest BCUT2D eigenvalue weighted by Crippen LogP contribution is 2.50. The fourth-order valence-corrected chi connectivity index (χ4v) is 4.55. The molecule has 2 aliphatic carbocycles. The van der Waals surface area contributed by atoms with E-state index in [1.165, 1.54) is 0 Å². The lowest BCUT2D eigenvalue weighted by molar-refractivity contribution is -0.126. The van der Waals surface area contributed by atoms with E-state index in [-0.39, 0.29) is 42.3 Å². The van der Waals surface area contributed by atoms with Crippen LogP contribution in [0.5, 0.6) is 0 Å². The van der Waals surface area contributed by atoms with Crippen LogP contribution in [0.25, 0.3) is 0 Å². The molecule has 142 valence electrons. The van der Waals surface area contributed by atoms with Gasteiger partial charge in [0.1, 0.15) is 0 Å². The number of hydrogen-bond acceptors (Lipinski definition) is 5. The average Bonchev–Trinajstić information content (AvgIpc) is 3.44. The number of aliphatic hydroxyl groups excluding tert-OH is 1. The monoisotopic (exact) mass is 353 g/mol. The summed E-state index contributed by atoms with van der Waals surface area (Å²) >= 11 is 0. The molecule has 7 unspecified atom stereocenters. The summed E-state index contributed by atoms with van der Waals surface area (Å²) in [5.41, 5.74) is 0.175. The number of fused-ring (bicyclic) bond motifs is 2. The smallest absolute Gasteiger partial charge is 0.223 e. The third-order valence-electron chi connectivity index (χ3n) is 6.70. The molecule has 25 heavy (non-hydrogen) atoms. The molecule has 7 atom stereocenters. The number of aliphatic hydroxyl groups is 1. The number of hydrogen-bond donors (Lipinski definition) is 2. The molecule has 2 N–H and O–H groups in total. The van der Waals surface area contributed by atoms with Gasteiger partial charge in [0.15, 0.2) is 0 Å². The van der Waals surface area contributed by atoms with Gasteiger partial charge in [-0.25, -0.2) is 0 Å². The van der Waals surface area contributed by atoms with Crippen molar-refractivity contribution in [3.05, 3.63) is 0 Å². The summed E-state index contributed by atoms with van der Waals surface area (Å²) in [6, 6.07) is 0. The molecule has 2 aliphatic heterocycles. The Morgan fingerprint density at radius 1 is 1.20 bits per heavy atom. The van der Waals surface area contributed by atoms with Crippen LogP contribution < -0.4 is 5.32 Å². The first-order valence-corrected chi connectivity index (χ1v) is 9.77. The summed E-state index contributed by atoms with van der Waals surface area (Å²) in [4.78, 5) is 12.2. The van der Waals surface area contributed by atoms with Crippen LogP contribution >= 0.6 is 0 Å². The van der Waals surface area contributed by atoms with E-state index in [1.54, 1.807) is 0 Å². The van der Waals surface area contributed by atoms with Crippen molar-refractivity contribution in [1.29, 1.82) is 0 Å². The Bertz CT molecular complexity index is 528. The molecule has 4 aliphatic rings. The fourth-order valence-electron chi connectivity index (χ4n) is 4.55. The van der Waals surface area contributed by atoms with E-state index in [2.05, 4.69) is 19.2 Å². The van der Waals surface area contributed by atoms with Gasteiger partial charge in [0.2, 0.25) is 5.91 Å². The second-order valence-corrected chi connectivity index (χ2v) is 8.89. The molecule has 6 heteroatoms. The minimum atomic E-state index is -0.652. The second-order valence-electron chi connectivity index (χ2n) is 8.89. The first-order valence-electron chi connectivity index (χ1n) is 9.77.